The van der Waals surface area contributed by atoms with Crippen LogP contribution in [0.3, 0.4) is 0 Å². The highest BCUT2D eigenvalue weighted by molar-refractivity contribution is 5.77. The highest BCUT2D eigenvalue weighted by Gasteiger charge is 2.22. The van der Waals surface area contributed by atoms with Crippen LogP contribution >= 0.6 is 0 Å². The van der Waals surface area contributed by atoms with Crippen molar-refractivity contribution in [3.05, 3.63) is 47.7 Å². The first kappa shape index (κ1) is 18.5. The van der Waals surface area contributed by atoms with Crippen molar-refractivity contribution in [1.29, 1.82) is 0 Å². The molecule has 1 aliphatic rings. The van der Waals surface area contributed by atoms with Gasteiger partial charge in [0.2, 0.25) is 5.91 Å². The minimum atomic E-state index is -0.0245. The Balaban J connectivity index is 1.24. The molecule has 1 unspecified atom stereocenters. The molecule has 8 heteroatoms. The Labute approximate surface area is 163 Å². The molecule has 3 aromatic heterocycles. The van der Waals surface area contributed by atoms with Crippen molar-refractivity contribution >= 4 is 5.91 Å². The molecule has 28 heavy (non-hydrogen) atoms. The number of aromatic amines is 1. The molecule has 1 aliphatic heterocycles. The van der Waals surface area contributed by atoms with Gasteiger partial charge in [-0.3, -0.25) is 14.8 Å². The summed E-state index contributed by atoms with van der Waals surface area (Å²) in [6, 6.07) is 7.67. The first-order valence-corrected chi connectivity index (χ1v) is 9.65. The molecule has 148 valence electrons. The van der Waals surface area contributed by atoms with Gasteiger partial charge in [-0.15, -0.1) is 0 Å². The third-order valence-corrected chi connectivity index (χ3v) is 5.01. The molecule has 3 aromatic rings. The fourth-order valence-electron chi connectivity index (χ4n) is 3.66. The van der Waals surface area contributed by atoms with Crippen LogP contribution in [0.5, 0.6) is 0 Å². The van der Waals surface area contributed by atoms with Crippen molar-refractivity contribution in [3.63, 3.8) is 0 Å². The first-order chi connectivity index (χ1) is 13.7. The fourth-order valence-corrected chi connectivity index (χ4v) is 3.66. The number of rotatable bonds is 7. The van der Waals surface area contributed by atoms with Gasteiger partial charge in [-0.1, -0.05) is 5.16 Å². The van der Waals surface area contributed by atoms with Gasteiger partial charge < -0.3 is 14.3 Å². The number of nitrogens with one attached hydrogen (secondary N) is 2. The van der Waals surface area contributed by atoms with Gasteiger partial charge in [-0.2, -0.15) is 5.10 Å². The van der Waals surface area contributed by atoms with E-state index in [2.05, 4.69) is 25.6 Å². The van der Waals surface area contributed by atoms with Gasteiger partial charge in [0.25, 0.3) is 0 Å². The average Bonchev–Trinajstić information content (AvgIpc) is 3.43. The normalized spacial score (nSPS) is 17.7. The summed E-state index contributed by atoms with van der Waals surface area (Å²) < 4.78 is 11.0. The van der Waals surface area contributed by atoms with E-state index in [0.29, 0.717) is 18.2 Å². The van der Waals surface area contributed by atoms with Crippen molar-refractivity contribution in [2.75, 3.05) is 19.6 Å². The predicted octanol–water partition coefficient (Wildman–Crippen LogP) is 2.54. The Morgan fingerprint density at radius 3 is 3.07 bits per heavy atom. The van der Waals surface area contributed by atoms with E-state index < -0.39 is 0 Å². The summed E-state index contributed by atoms with van der Waals surface area (Å²) in [5, 5.41) is 13.7. The molecule has 2 N–H and O–H groups in total. The SMILES string of the molecule is Cc1cc(CC(=O)NCC2CCCN(Cc3ccc(-c4ccn[nH]4)o3)C2)on1. The molecular weight excluding hydrogens is 358 g/mol. The Morgan fingerprint density at radius 2 is 2.29 bits per heavy atom. The number of carbonyl (C=O) groups excluding carboxylic acids is 1. The third-order valence-electron chi connectivity index (χ3n) is 5.01. The van der Waals surface area contributed by atoms with E-state index >= 15 is 0 Å². The van der Waals surface area contributed by atoms with Gasteiger partial charge in [0.05, 0.1) is 18.7 Å². The lowest BCUT2D eigenvalue weighted by molar-refractivity contribution is -0.121. The first-order valence-electron chi connectivity index (χ1n) is 9.65. The number of hydrogen-bond donors (Lipinski definition) is 2. The summed E-state index contributed by atoms with van der Waals surface area (Å²) in [4.78, 5) is 14.5. The Kier molecular flexibility index (Phi) is 5.57. The molecule has 1 fully saturated rings. The van der Waals surface area contributed by atoms with E-state index in [0.717, 1.165) is 55.4 Å². The number of amides is 1. The molecule has 1 saturated heterocycles. The minimum Gasteiger partial charge on any atom is -0.458 e. The molecule has 4 rings (SSSR count). The van der Waals surface area contributed by atoms with Crippen LogP contribution in [0.15, 0.2) is 39.4 Å². The molecular formula is C20H25N5O3. The molecule has 0 saturated carbocycles. The minimum absolute atomic E-state index is 0.0245. The summed E-state index contributed by atoms with van der Waals surface area (Å²) >= 11 is 0. The van der Waals surface area contributed by atoms with Crippen LogP contribution in [0.4, 0.5) is 0 Å². The van der Waals surface area contributed by atoms with Gasteiger partial charge in [-0.25, -0.2) is 0 Å². The maximum absolute atomic E-state index is 12.1. The van der Waals surface area contributed by atoms with Crippen LogP contribution in [0.1, 0.15) is 30.1 Å². The highest BCUT2D eigenvalue weighted by atomic mass is 16.5. The Bertz CT molecular complexity index is 899. The lowest BCUT2D eigenvalue weighted by Crippen LogP contribution is -2.40. The average molecular weight is 383 g/mol. The van der Waals surface area contributed by atoms with E-state index in [9.17, 15) is 4.79 Å². The van der Waals surface area contributed by atoms with Crippen molar-refractivity contribution in [3.8, 4) is 11.5 Å². The van der Waals surface area contributed by atoms with Gasteiger partial charge >= 0.3 is 0 Å². The van der Waals surface area contributed by atoms with Crippen LogP contribution in [0, 0.1) is 12.8 Å². The Hall–Kier alpha value is -2.87. The van der Waals surface area contributed by atoms with Crippen molar-refractivity contribution < 1.29 is 13.7 Å². The number of aromatic nitrogens is 3. The number of nitrogens with zero attached hydrogens (tertiary/aromatic N) is 3. The molecule has 0 bridgehead atoms. The van der Waals surface area contributed by atoms with Crippen molar-refractivity contribution in [1.82, 2.24) is 25.6 Å². The summed E-state index contributed by atoms with van der Waals surface area (Å²) in [7, 11) is 0. The molecule has 0 aromatic carbocycles. The number of H-pyrrole nitrogens is 1. The molecule has 1 atom stereocenters. The zero-order valence-electron chi connectivity index (χ0n) is 16.0. The number of furan rings is 1. The second kappa shape index (κ2) is 8.43. The van der Waals surface area contributed by atoms with E-state index in [4.69, 9.17) is 8.94 Å². The third kappa shape index (κ3) is 4.69. The second-order valence-corrected chi connectivity index (χ2v) is 7.40. The maximum atomic E-state index is 12.1. The molecule has 1 amide bonds. The highest BCUT2D eigenvalue weighted by Crippen LogP contribution is 2.23. The Morgan fingerprint density at radius 1 is 1.36 bits per heavy atom. The summed E-state index contributed by atoms with van der Waals surface area (Å²) in [6.45, 7) is 5.29. The molecule has 0 aliphatic carbocycles. The fraction of sp³-hybridized carbons (Fsp3) is 0.450. The molecule has 4 heterocycles. The van der Waals surface area contributed by atoms with Crippen LogP contribution < -0.4 is 5.32 Å². The summed E-state index contributed by atoms with van der Waals surface area (Å²) in [5.74, 6) is 2.76. The van der Waals surface area contributed by atoms with E-state index in [1.54, 1.807) is 12.3 Å². The summed E-state index contributed by atoms with van der Waals surface area (Å²) in [5.41, 5.74) is 1.67. The predicted molar refractivity (Wildman–Crippen MR) is 102 cm³/mol. The van der Waals surface area contributed by atoms with E-state index in [1.807, 2.05) is 25.1 Å². The number of hydrogen-bond acceptors (Lipinski definition) is 6. The topological polar surface area (TPSA) is 100 Å². The molecule has 8 nitrogen and oxygen atoms in total. The number of carbonyl (C=O) groups is 1. The largest absolute Gasteiger partial charge is 0.458 e. The summed E-state index contributed by atoms with van der Waals surface area (Å²) in [6.07, 6.45) is 4.19. The zero-order valence-corrected chi connectivity index (χ0v) is 16.0. The lowest BCUT2D eigenvalue weighted by atomic mass is 9.98. The number of likely N-dealkylation sites (tertiary alicyclic amines) is 1. The second-order valence-electron chi connectivity index (χ2n) is 7.40. The smallest absolute Gasteiger partial charge is 0.227 e. The van der Waals surface area contributed by atoms with E-state index in [1.165, 1.54) is 0 Å². The van der Waals surface area contributed by atoms with Crippen LogP contribution in [0.2, 0.25) is 0 Å². The maximum Gasteiger partial charge on any atom is 0.227 e. The van der Waals surface area contributed by atoms with Crippen LogP contribution in [0.25, 0.3) is 11.5 Å². The standard InChI is InChI=1S/C20H25N5O3/c1-14-9-17(28-24-14)10-20(26)21-11-15-3-2-8-25(12-15)13-16-4-5-19(27-16)18-6-7-22-23-18/h4-7,9,15H,2-3,8,10-13H2,1H3,(H,21,26)(H,22,23). The van der Waals surface area contributed by atoms with E-state index in [-0.39, 0.29) is 12.3 Å². The number of piperidine rings is 1. The van der Waals surface area contributed by atoms with Gasteiger partial charge in [0.1, 0.15) is 17.2 Å². The lowest BCUT2D eigenvalue weighted by Gasteiger charge is -2.32. The molecule has 0 spiro atoms. The quantitative estimate of drug-likeness (QED) is 0.650. The van der Waals surface area contributed by atoms with Crippen LogP contribution in [-0.2, 0) is 17.8 Å². The zero-order chi connectivity index (χ0) is 19.3. The van der Waals surface area contributed by atoms with Gasteiger partial charge in [0, 0.05) is 25.4 Å². The van der Waals surface area contributed by atoms with Crippen LogP contribution in [-0.4, -0.2) is 45.8 Å². The monoisotopic (exact) mass is 383 g/mol. The number of aryl methyl sites for hydroxylation is 1. The molecule has 0 radical (unpaired) electrons. The van der Waals surface area contributed by atoms with Crippen molar-refractivity contribution in [2.45, 2.75) is 32.7 Å². The van der Waals surface area contributed by atoms with Crippen molar-refractivity contribution in [2.24, 2.45) is 5.92 Å². The van der Waals surface area contributed by atoms with Gasteiger partial charge in [0.15, 0.2) is 5.76 Å². The van der Waals surface area contributed by atoms with Gasteiger partial charge in [-0.05, 0) is 50.4 Å².